The van der Waals surface area contributed by atoms with Gasteiger partial charge in [0.15, 0.2) is 0 Å². The molecule has 2 N–H and O–H groups in total. The summed E-state index contributed by atoms with van der Waals surface area (Å²) in [6.07, 6.45) is 7.51. The fourth-order valence-corrected chi connectivity index (χ4v) is 8.94. The van der Waals surface area contributed by atoms with Gasteiger partial charge in [-0.05, 0) is 112 Å². The maximum atomic E-state index is 13.3. The number of benzene rings is 2. The van der Waals surface area contributed by atoms with Gasteiger partial charge < -0.3 is 14.7 Å². The predicted octanol–water partition coefficient (Wildman–Crippen LogP) is 5.61. The van der Waals surface area contributed by atoms with Crippen LogP contribution >= 0.6 is 11.6 Å². The van der Waals surface area contributed by atoms with Crippen molar-refractivity contribution in [1.82, 2.24) is 4.72 Å². The number of carbonyl (C=O) groups excluding carboxylic acids is 1. The van der Waals surface area contributed by atoms with Crippen molar-refractivity contribution >= 4 is 33.2 Å². The molecule has 4 aliphatic rings. The molecule has 222 valence electrons. The number of ether oxygens (including phenoxy) is 1. The summed E-state index contributed by atoms with van der Waals surface area (Å²) in [6, 6.07) is 11.4. The number of nitrogens with zero attached hydrogens (tertiary/aromatic N) is 1. The van der Waals surface area contributed by atoms with Crippen LogP contribution in [0.3, 0.4) is 0 Å². The number of rotatable bonds is 0. The Morgan fingerprint density at radius 1 is 1.07 bits per heavy atom. The summed E-state index contributed by atoms with van der Waals surface area (Å²) in [7, 11) is -3.84. The summed E-state index contributed by atoms with van der Waals surface area (Å²) < 4.78 is 34.9. The van der Waals surface area contributed by atoms with Crippen LogP contribution < -0.4 is 14.4 Å². The molecule has 0 aromatic heterocycles. The molecule has 2 aromatic carbocycles. The van der Waals surface area contributed by atoms with Crippen LogP contribution in [0.5, 0.6) is 5.75 Å². The second-order valence-electron chi connectivity index (χ2n) is 13.1. The first-order chi connectivity index (χ1) is 19.5. The Labute approximate surface area is 248 Å². The lowest BCUT2D eigenvalue weighted by atomic mass is 9.63. The van der Waals surface area contributed by atoms with Gasteiger partial charge in [-0.3, -0.25) is 4.79 Å². The number of anilines is 1. The normalized spacial score (nSPS) is 33.4. The molecular formula is C32H41ClN2O5S. The molecule has 2 aromatic rings. The first-order valence-electron chi connectivity index (χ1n) is 15.1. The highest BCUT2D eigenvalue weighted by Crippen LogP contribution is 2.48. The highest BCUT2D eigenvalue weighted by Gasteiger charge is 2.47. The van der Waals surface area contributed by atoms with Gasteiger partial charge >= 0.3 is 0 Å². The van der Waals surface area contributed by atoms with Gasteiger partial charge in [0.25, 0.3) is 5.91 Å². The quantitative estimate of drug-likeness (QED) is 0.408. The van der Waals surface area contributed by atoms with Crippen LogP contribution in [0.25, 0.3) is 0 Å². The maximum absolute atomic E-state index is 13.3. The predicted molar refractivity (Wildman–Crippen MR) is 161 cm³/mol. The van der Waals surface area contributed by atoms with Crippen LogP contribution in [0.4, 0.5) is 5.69 Å². The zero-order valence-electron chi connectivity index (χ0n) is 24.0. The zero-order valence-corrected chi connectivity index (χ0v) is 25.6. The zero-order chi connectivity index (χ0) is 29.0. The summed E-state index contributed by atoms with van der Waals surface area (Å²) in [5, 5.41) is 11.6. The molecule has 2 aliphatic heterocycles. The molecule has 41 heavy (non-hydrogen) atoms. The van der Waals surface area contributed by atoms with E-state index in [2.05, 4.69) is 21.8 Å². The summed E-state index contributed by atoms with van der Waals surface area (Å²) >= 11 is 6.39. The molecular weight excluding hydrogens is 560 g/mol. The minimum absolute atomic E-state index is 0.170. The van der Waals surface area contributed by atoms with E-state index in [-0.39, 0.29) is 11.3 Å². The van der Waals surface area contributed by atoms with Crippen LogP contribution in [-0.4, -0.2) is 50.0 Å². The monoisotopic (exact) mass is 600 g/mol. The fourth-order valence-electron chi connectivity index (χ4n) is 7.69. The van der Waals surface area contributed by atoms with Crippen LogP contribution in [0.1, 0.15) is 86.7 Å². The Hall–Kier alpha value is -2.29. The molecule has 0 radical (unpaired) electrons. The van der Waals surface area contributed by atoms with E-state index in [9.17, 15) is 18.3 Å². The molecule has 5 atom stereocenters. The largest absolute Gasteiger partial charge is 0.490 e. The van der Waals surface area contributed by atoms with Crippen molar-refractivity contribution in [3.05, 3.63) is 58.1 Å². The van der Waals surface area contributed by atoms with E-state index in [1.54, 1.807) is 25.1 Å². The Balaban J connectivity index is 1.42. The number of hydrogen-bond donors (Lipinski definition) is 2. The van der Waals surface area contributed by atoms with Crippen molar-refractivity contribution in [2.75, 3.05) is 24.6 Å². The Bertz CT molecular complexity index is 1440. The third kappa shape index (κ3) is 5.48. The third-order valence-electron chi connectivity index (χ3n) is 10.3. The lowest BCUT2D eigenvalue weighted by Crippen LogP contribution is -2.52. The van der Waals surface area contributed by atoms with Crippen LogP contribution in [0.2, 0.25) is 5.02 Å². The smallest absolute Gasteiger partial charge is 0.264 e. The number of sulfonamides is 1. The van der Waals surface area contributed by atoms with Gasteiger partial charge in [0.1, 0.15) is 5.75 Å². The van der Waals surface area contributed by atoms with Crippen molar-refractivity contribution in [3.63, 3.8) is 0 Å². The molecule has 1 amide bonds. The third-order valence-corrected chi connectivity index (χ3v) is 12.3. The van der Waals surface area contributed by atoms with E-state index < -0.39 is 26.8 Å². The Morgan fingerprint density at radius 2 is 1.90 bits per heavy atom. The van der Waals surface area contributed by atoms with E-state index in [0.717, 1.165) is 55.8 Å². The van der Waals surface area contributed by atoms with Crippen LogP contribution in [0.15, 0.2) is 36.4 Å². The number of carbonyl (C=O) groups is 1. The first kappa shape index (κ1) is 28.8. The average Bonchev–Trinajstić information content (AvgIpc) is 3.05. The van der Waals surface area contributed by atoms with E-state index in [1.807, 2.05) is 13.0 Å². The molecule has 0 unspecified atom stereocenters. The standard InChI is InChI=1S/C32H41ClN2O5S/c1-21-6-3-4-14-31(2,37)26-11-8-24(26)18-35-19-32(15-5-7-22-16-25(33)10-12-27(22)32)20-40-29-13-9-23(17-28(29)35)30(36)34-41(21,38)39/h9-10,12-13,16-17,21,24,26,37H,3-8,11,14-15,18-20H2,1-2H3,(H,34,36)/t21-,24-,26+,31+,32-/m0/s1. The van der Waals surface area contributed by atoms with Gasteiger partial charge in [-0.2, -0.15) is 0 Å². The van der Waals surface area contributed by atoms with Gasteiger partial charge in [0.2, 0.25) is 10.0 Å². The molecule has 2 bridgehead atoms. The number of hydrogen-bond acceptors (Lipinski definition) is 6. The van der Waals surface area contributed by atoms with E-state index >= 15 is 0 Å². The summed E-state index contributed by atoms with van der Waals surface area (Å²) in [5.41, 5.74) is 2.57. The first-order valence-corrected chi connectivity index (χ1v) is 17.0. The molecule has 9 heteroatoms. The van der Waals surface area contributed by atoms with Gasteiger partial charge in [-0.15, -0.1) is 0 Å². The summed E-state index contributed by atoms with van der Waals surface area (Å²) in [4.78, 5) is 15.6. The number of aliphatic hydroxyl groups is 1. The summed E-state index contributed by atoms with van der Waals surface area (Å²) in [6.45, 7) is 5.55. The summed E-state index contributed by atoms with van der Waals surface area (Å²) in [5.74, 6) is 0.558. The number of nitrogens with one attached hydrogen (secondary N) is 1. The van der Waals surface area contributed by atoms with Crippen molar-refractivity contribution in [2.24, 2.45) is 11.8 Å². The molecule has 1 fully saturated rings. The second-order valence-corrected chi connectivity index (χ2v) is 15.7. The van der Waals surface area contributed by atoms with E-state index in [0.29, 0.717) is 49.6 Å². The molecule has 6 rings (SSSR count). The van der Waals surface area contributed by atoms with Crippen molar-refractivity contribution < 1.29 is 23.1 Å². The van der Waals surface area contributed by atoms with Gasteiger partial charge in [-0.1, -0.05) is 30.5 Å². The molecule has 7 nitrogen and oxygen atoms in total. The highest BCUT2D eigenvalue weighted by atomic mass is 35.5. The molecule has 2 aliphatic carbocycles. The van der Waals surface area contributed by atoms with Gasteiger partial charge in [0, 0.05) is 29.1 Å². The van der Waals surface area contributed by atoms with Crippen molar-refractivity contribution in [2.45, 2.75) is 87.9 Å². The minimum atomic E-state index is -3.84. The van der Waals surface area contributed by atoms with Crippen LogP contribution in [-0.2, 0) is 21.9 Å². The van der Waals surface area contributed by atoms with E-state index in [4.69, 9.17) is 16.3 Å². The average molecular weight is 601 g/mol. The molecule has 0 saturated heterocycles. The topological polar surface area (TPSA) is 95.9 Å². The molecule has 1 spiro atoms. The maximum Gasteiger partial charge on any atom is 0.264 e. The Kier molecular flexibility index (Phi) is 7.56. The minimum Gasteiger partial charge on any atom is -0.490 e. The van der Waals surface area contributed by atoms with Crippen molar-refractivity contribution in [1.29, 1.82) is 0 Å². The van der Waals surface area contributed by atoms with E-state index in [1.165, 1.54) is 11.1 Å². The highest BCUT2D eigenvalue weighted by molar-refractivity contribution is 7.90. The SMILES string of the molecule is C[C@H]1CCCC[C@@](C)(O)[C@@H]2CC[C@H]2CN2C[C@@]3(CCCc4cc(Cl)ccc43)COc3ccc(cc32)C(=O)NS1(=O)=O. The number of fused-ring (bicyclic) bond motifs is 4. The lowest BCUT2D eigenvalue weighted by molar-refractivity contribution is -0.0742. The number of aryl methyl sites for hydroxylation is 1. The molecule has 2 heterocycles. The van der Waals surface area contributed by atoms with Crippen LogP contribution in [0, 0.1) is 11.8 Å². The lowest BCUT2D eigenvalue weighted by Gasteiger charge is -2.49. The van der Waals surface area contributed by atoms with Gasteiger partial charge in [-0.25, -0.2) is 13.1 Å². The number of amides is 1. The number of halogens is 1. The van der Waals surface area contributed by atoms with Gasteiger partial charge in [0.05, 0.1) is 23.1 Å². The Morgan fingerprint density at radius 3 is 2.68 bits per heavy atom. The second kappa shape index (κ2) is 10.8. The molecule has 1 saturated carbocycles. The van der Waals surface area contributed by atoms with Crippen molar-refractivity contribution in [3.8, 4) is 5.75 Å². The fraction of sp³-hybridized carbons (Fsp3) is 0.594.